The van der Waals surface area contributed by atoms with Gasteiger partial charge in [-0.2, -0.15) is 5.10 Å². The van der Waals surface area contributed by atoms with Gasteiger partial charge in [0.2, 0.25) is 0 Å². The van der Waals surface area contributed by atoms with Crippen molar-refractivity contribution in [2.24, 2.45) is 5.73 Å². The molecule has 1 aromatic heterocycles. The normalized spacial score (nSPS) is 18.7. The van der Waals surface area contributed by atoms with Gasteiger partial charge in [0, 0.05) is 23.8 Å². The number of carbonyl (C=O) groups is 1. The Kier molecular flexibility index (Phi) is 7.07. The number of benzene rings is 2. The number of hydrogen-bond donors (Lipinski definition) is 2. The molecule has 0 bridgehead atoms. The maximum atomic E-state index is 13.1. The van der Waals surface area contributed by atoms with Crippen LogP contribution in [0.5, 0.6) is 0 Å². The minimum atomic E-state index is -0.0568. The lowest BCUT2D eigenvalue weighted by atomic mass is 9.91. The number of hydrogen-bond acceptors (Lipinski definition) is 3. The largest absolute Gasteiger partial charge is 0.349 e. The second-order valence-electron chi connectivity index (χ2n) is 7.53. The Hall–Kier alpha value is -2.63. The Balaban J connectivity index is 0.00000240. The Morgan fingerprint density at radius 3 is 2.28 bits per heavy atom. The second kappa shape index (κ2) is 9.72. The summed E-state index contributed by atoms with van der Waals surface area (Å²) >= 11 is 0. The first-order valence-corrected chi connectivity index (χ1v) is 9.92. The Morgan fingerprint density at radius 2 is 1.62 bits per heavy atom. The maximum absolute atomic E-state index is 13.1. The zero-order chi connectivity index (χ0) is 19.3. The van der Waals surface area contributed by atoms with Gasteiger partial charge in [0.1, 0.15) is 5.69 Å². The quantitative estimate of drug-likeness (QED) is 0.667. The highest BCUT2D eigenvalue weighted by Gasteiger charge is 2.23. The van der Waals surface area contributed by atoms with Crippen molar-refractivity contribution in [1.29, 1.82) is 0 Å². The van der Waals surface area contributed by atoms with Gasteiger partial charge in [-0.25, -0.2) is 0 Å². The van der Waals surface area contributed by atoms with E-state index in [-0.39, 0.29) is 30.4 Å². The van der Waals surface area contributed by atoms with Crippen LogP contribution >= 0.6 is 12.4 Å². The van der Waals surface area contributed by atoms with Crippen LogP contribution in [0.15, 0.2) is 66.9 Å². The summed E-state index contributed by atoms with van der Waals surface area (Å²) < 4.78 is 1.85. The third kappa shape index (κ3) is 5.25. The number of carbonyl (C=O) groups excluding carboxylic acids is 1. The van der Waals surface area contributed by atoms with E-state index < -0.39 is 0 Å². The van der Waals surface area contributed by atoms with Crippen LogP contribution in [0.2, 0.25) is 0 Å². The molecule has 4 rings (SSSR count). The standard InChI is InChI=1S/C23H26N4O.ClH/c24-19-11-13-20(14-12-19)25-23(28)21-16-27(15-17-7-3-1-4-8-17)26-22(21)18-9-5-2-6-10-18;/h1-10,16,19-20H,11-15,24H2,(H,25,28);1H. The van der Waals surface area contributed by atoms with Crippen molar-refractivity contribution in [2.75, 3.05) is 0 Å². The van der Waals surface area contributed by atoms with E-state index in [0.29, 0.717) is 12.1 Å². The van der Waals surface area contributed by atoms with Crippen LogP contribution in [0.4, 0.5) is 0 Å². The molecule has 29 heavy (non-hydrogen) atoms. The summed E-state index contributed by atoms with van der Waals surface area (Å²) in [6, 6.07) is 20.5. The average Bonchev–Trinajstić information content (AvgIpc) is 3.15. The average molecular weight is 411 g/mol. The van der Waals surface area contributed by atoms with E-state index in [1.54, 1.807) is 0 Å². The van der Waals surface area contributed by atoms with Gasteiger partial charge in [0.05, 0.1) is 12.1 Å². The highest BCUT2D eigenvalue weighted by atomic mass is 35.5. The van der Waals surface area contributed by atoms with E-state index in [9.17, 15) is 4.79 Å². The summed E-state index contributed by atoms with van der Waals surface area (Å²) in [6.45, 7) is 0.631. The van der Waals surface area contributed by atoms with E-state index in [4.69, 9.17) is 10.8 Å². The monoisotopic (exact) mass is 410 g/mol. The second-order valence-corrected chi connectivity index (χ2v) is 7.53. The Bertz CT molecular complexity index is 919. The molecule has 5 nitrogen and oxygen atoms in total. The molecule has 1 aliphatic rings. The summed E-state index contributed by atoms with van der Waals surface area (Å²) in [7, 11) is 0. The fraction of sp³-hybridized carbons (Fsp3) is 0.304. The lowest BCUT2D eigenvalue weighted by Crippen LogP contribution is -2.40. The summed E-state index contributed by atoms with van der Waals surface area (Å²) in [5, 5.41) is 7.93. The molecule has 1 saturated carbocycles. The number of nitrogens with zero attached hydrogens (tertiary/aromatic N) is 2. The van der Waals surface area contributed by atoms with Crippen molar-refractivity contribution in [3.63, 3.8) is 0 Å². The molecule has 0 unspecified atom stereocenters. The predicted molar refractivity (Wildman–Crippen MR) is 118 cm³/mol. The van der Waals surface area contributed by atoms with Gasteiger partial charge >= 0.3 is 0 Å². The van der Waals surface area contributed by atoms with E-state index in [2.05, 4.69) is 17.4 Å². The minimum Gasteiger partial charge on any atom is -0.349 e. The molecule has 2 aromatic carbocycles. The molecule has 1 aliphatic carbocycles. The molecule has 1 amide bonds. The molecular formula is C23H27ClN4O. The first-order valence-electron chi connectivity index (χ1n) is 9.92. The number of aromatic nitrogens is 2. The SMILES string of the molecule is Cl.NC1CCC(NC(=O)c2cn(Cc3ccccc3)nc2-c2ccccc2)CC1. The predicted octanol–water partition coefficient (Wildman–Crippen LogP) is 4.02. The molecule has 1 fully saturated rings. The molecule has 0 aliphatic heterocycles. The minimum absolute atomic E-state index is 0. The summed E-state index contributed by atoms with van der Waals surface area (Å²) in [4.78, 5) is 13.1. The molecule has 0 saturated heterocycles. The van der Waals surface area contributed by atoms with Crippen molar-refractivity contribution < 1.29 is 4.79 Å². The van der Waals surface area contributed by atoms with Crippen molar-refractivity contribution in [3.05, 3.63) is 78.0 Å². The fourth-order valence-electron chi connectivity index (χ4n) is 3.77. The molecule has 6 heteroatoms. The summed E-state index contributed by atoms with van der Waals surface area (Å²) in [5.41, 5.74) is 9.44. The van der Waals surface area contributed by atoms with Crippen LogP contribution in [-0.4, -0.2) is 27.8 Å². The molecule has 0 spiro atoms. The van der Waals surface area contributed by atoms with Crippen LogP contribution in [0.3, 0.4) is 0 Å². The number of nitrogens with two attached hydrogens (primary N) is 1. The van der Waals surface area contributed by atoms with Crippen LogP contribution in [0, 0.1) is 0 Å². The zero-order valence-corrected chi connectivity index (χ0v) is 17.1. The Labute approximate surface area is 177 Å². The van der Waals surface area contributed by atoms with Crippen LogP contribution in [0.1, 0.15) is 41.6 Å². The smallest absolute Gasteiger partial charge is 0.255 e. The first-order chi connectivity index (χ1) is 13.7. The third-order valence-corrected chi connectivity index (χ3v) is 5.35. The van der Waals surface area contributed by atoms with Crippen LogP contribution in [-0.2, 0) is 6.54 Å². The van der Waals surface area contributed by atoms with Crippen molar-refractivity contribution in [1.82, 2.24) is 15.1 Å². The van der Waals surface area contributed by atoms with E-state index in [1.165, 1.54) is 0 Å². The molecule has 0 atom stereocenters. The highest BCUT2D eigenvalue weighted by Crippen LogP contribution is 2.24. The van der Waals surface area contributed by atoms with Gasteiger partial charge in [0.25, 0.3) is 5.91 Å². The maximum Gasteiger partial charge on any atom is 0.255 e. The van der Waals surface area contributed by atoms with Gasteiger partial charge in [-0.05, 0) is 31.2 Å². The van der Waals surface area contributed by atoms with Crippen LogP contribution in [0.25, 0.3) is 11.3 Å². The molecule has 1 heterocycles. The fourth-order valence-corrected chi connectivity index (χ4v) is 3.77. The zero-order valence-electron chi connectivity index (χ0n) is 16.3. The van der Waals surface area contributed by atoms with Crippen molar-refractivity contribution >= 4 is 18.3 Å². The summed E-state index contributed by atoms with van der Waals surface area (Å²) in [5.74, 6) is -0.0568. The van der Waals surface area contributed by atoms with E-state index in [0.717, 1.165) is 42.5 Å². The van der Waals surface area contributed by atoms with E-state index >= 15 is 0 Å². The number of rotatable bonds is 5. The lowest BCUT2D eigenvalue weighted by molar-refractivity contribution is 0.0926. The molecular weight excluding hydrogens is 384 g/mol. The van der Waals surface area contributed by atoms with Gasteiger partial charge in [0.15, 0.2) is 0 Å². The first kappa shape index (κ1) is 21.1. The third-order valence-electron chi connectivity index (χ3n) is 5.35. The van der Waals surface area contributed by atoms with E-state index in [1.807, 2.05) is 59.4 Å². The Morgan fingerprint density at radius 1 is 1.00 bits per heavy atom. The summed E-state index contributed by atoms with van der Waals surface area (Å²) in [6.07, 6.45) is 5.66. The van der Waals surface area contributed by atoms with Gasteiger partial charge in [-0.15, -0.1) is 12.4 Å². The van der Waals surface area contributed by atoms with Crippen molar-refractivity contribution in [3.8, 4) is 11.3 Å². The van der Waals surface area contributed by atoms with Gasteiger partial charge < -0.3 is 11.1 Å². The number of halogens is 1. The van der Waals surface area contributed by atoms with Gasteiger partial charge in [-0.1, -0.05) is 60.7 Å². The topological polar surface area (TPSA) is 72.9 Å². The molecule has 0 radical (unpaired) electrons. The lowest BCUT2D eigenvalue weighted by Gasteiger charge is -2.26. The molecule has 152 valence electrons. The number of amides is 1. The van der Waals surface area contributed by atoms with Crippen molar-refractivity contribution in [2.45, 2.75) is 44.3 Å². The number of nitrogens with one attached hydrogen (secondary N) is 1. The molecule has 3 N–H and O–H groups in total. The highest BCUT2D eigenvalue weighted by molar-refractivity contribution is 6.00. The van der Waals surface area contributed by atoms with Gasteiger partial charge in [-0.3, -0.25) is 9.48 Å². The van der Waals surface area contributed by atoms with Crippen LogP contribution < -0.4 is 11.1 Å². The molecule has 3 aromatic rings.